The molecule has 0 bridgehead atoms. The van der Waals surface area contributed by atoms with Gasteiger partial charge in [-0.2, -0.15) is 0 Å². The Labute approximate surface area is 262 Å². The van der Waals surface area contributed by atoms with Gasteiger partial charge in [0.05, 0.1) is 38.1 Å². The van der Waals surface area contributed by atoms with E-state index >= 15 is 0 Å². The summed E-state index contributed by atoms with van der Waals surface area (Å²) >= 11 is 0. The summed E-state index contributed by atoms with van der Waals surface area (Å²) in [7, 11) is 5.02. The summed E-state index contributed by atoms with van der Waals surface area (Å²) in [6.07, 6.45) is 1.80. The van der Waals surface area contributed by atoms with Crippen LogP contribution in [0.15, 0.2) is 42.5 Å². The van der Waals surface area contributed by atoms with E-state index in [1.807, 2.05) is 43.0 Å². The molecule has 10 heteroatoms. The van der Waals surface area contributed by atoms with Crippen LogP contribution in [0.4, 0.5) is 5.69 Å². The second-order valence-electron chi connectivity index (χ2n) is 12.5. The molecule has 4 rings (SSSR count). The molecule has 10 nitrogen and oxygen atoms in total. The Kier molecular flexibility index (Phi) is 11.5. The van der Waals surface area contributed by atoms with Crippen LogP contribution in [0, 0.1) is 5.41 Å². The van der Waals surface area contributed by atoms with Crippen molar-refractivity contribution < 1.29 is 28.5 Å². The zero-order chi connectivity index (χ0) is 31.9. The van der Waals surface area contributed by atoms with Crippen LogP contribution in [0.2, 0.25) is 0 Å². The number of ether oxygens (including phenoxy) is 4. The van der Waals surface area contributed by atoms with Crippen molar-refractivity contribution in [1.82, 2.24) is 10.2 Å². The highest BCUT2D eigenvalue weighted by molar-refractivity contribution is 5.83. The summed E-state index contributed by atoms with van der Waals surface area (Å²) in [4.78, 5) is 30.4. The highest BCUT2D eigenvalue weighted by Gasteiger charge is 2.43. The van der Waals surface area contributed by atoms with Gasteiger partial charge >= 0.3 is 0 Å². The molecule has 1 unspecified atom stereocenters. The predicted molar refractivity (Wildman–Crippen MR) is 171 cm³/mol. The molecule has 3 N–H and O–H groups in total. The topological polar surface area (TPSA) is 116 Å². The van der Waals surface area contributed by atoms with Crippen LogP contribution in [0.3, 0.4) is 0 Å². The number of amides is 2. The van der Waals surface area contributed by atoms with Gasteiger partial charge in [0.25, 0.3) is 0 Å². The number of methoxy groups -OCH3 is 2. The maximum absolute atomic E-state index is 13.5. The van der Waals surface area contributed by atoms with Crippen molar-refractivity contribution in [3.05, 3.63) is 53.6 Å². The fraction of sp³-hybridized carbons (Fsp3) is 0.588. The van der Waals surface area contributed by atoms with Gasteiger partial charge in [0.15, 0.2) is 0 Å². The number of nitrogens with zero attached hydrogens (tertiary/aromatic N) is 2. The van der Waals surface area contributed by atoms with Crippen LogP contribution in [-0.2, 0) is 25.7 Å². The monoisotopic (exact) mass is 610 g/mol. The number of carbonyl (C=O) groups is 2. The molecule has 0 spiro atoms. The Balaban J connectivity index is 1.61. The molecular formula is C34H50N4O6. The molecular weight excluding hydrogens is 560 g/mol. The minimum absolute atomic E-state index is 0.00460. The Morgan fingerprint density at radius 1 is 1.16 bits per heavy atom. The van der Waals surface area contributed by atoms with Gasteiger partial charge in [-0.15, -0.1) is 0 Å². The van der Waals surface area contributed by atoms with Crippen molar-refractivity contribution in [2.45, 2.75) is 70.7 Å². The van der Waals surface area contributed by atoms with Crippen molar-refractivity contribution in [3.8, 4) is 11.5 Å². The first-order valence-corrected chi connectivity index (χ1v) is 15.6. The van der Waals surface area contributed by atoms with Gasteiger partial charge in [0.1, 0.15) is 18.1 Å². The molecule has 2 aliphatic heterocycles. The smallest absolute Gasteiger partial charge is 0.239 e. The lowest BCUT2D eigenvalue weighted by Gasteiger charge is -2.46. The highest BCUT2D eigenvalue weighted by Crippen LogP contribution is 2.40. The molecule has 2 aromatic rings. The number of carbonyl (C=O) groups excluding carboxylic acids is 2. The normalized spacial score (nSPS) is 20.8. The standard InChI is InChI=1S/C34H50N4O6/c1-23(35)32(39)38-21-31(44-22-24-8-13-30-29(18-24)37(15-17-43-30)14-7-16-41-5)28(25-9-11-27(42-6)12-10-25)19-26(38)20-34(2,3)33(40)36-4/h8-13,18,23,26,28,31H,7,14-17,19-22,35H2,1-6H3,(H,36,40)/t23?,26-,28-,31+/m1/s1. The van der Waals surface area contributed by atoms with E-state index in [0.717, 1.165) is 47.8 Å². The molecule has 2 aromatic carbocycles. The van der Waals surface area contributed by atoms with Crippen molar-refractivity contribution in [3.63, 3.8) is 0 Å². The van der Waals surface area contributed by atoms with Gasteiger partial charge in [-0.1, -0.05) is 32.0 Å². The van der Waals surface area contributed by atoms with E-state index in [2.05, 4.69) is 28.4 Å². The zero-order valence-electron chi connectivity index (χ0n) is 27.1. The number of piperidine rings is 1. The molecule has 4 atom stereocenters. The lowest BCUT2D eigenvalue weighted by Crippen LogP contribution is -2.57. The minimum Gasteiger partial charge on any atom is -0.497 e. The van der Waals surface area contributed by atoms with Gasteiger partial charge in [0.2, 0.25) is 11.8 Å². The molecule has 0 aromatic heterocycles. The van der Waals surface area contributed by atoms with Gasteiger partial charge in [0, 0.05) is 51.2 Å². The van der Waals surface area contributed by atoms with Gasteiger partial charge in [-0.25, -0.2) is 0 Å². The number of nitrogens with one attached hydrogen (secondary N) is 1. The van der Waals surface area contributed by atoms with Crippen LogP contribution in [0.5, 0.6) is 11.5 Å². The Morgan fingerprint density at radius 2 is 1.91 bits per heavy atom. The van der Waals surface area contributed by atoms with E-state index in [0.29, 0.717) is 39.2 Å². The summed E-state index contributed by atoms with van der Waals surface area (Å²) in [5.74, 6) is 1.45. The van der Waals surface area contributed by atoms with Crippen LogP contribution in [0.25, 0.3) is 0 Å². The largest absolute Gasteiger partial charge is 0.497 e. The maximum Gasteiger partial charge on any atom is 0.239 e. The predicted octanol–water partition coefficient (Wildman–Crippen LogP) is 3.71. The van der Waals surface area contributed by atoms with Crippen LogP contribution < -0.4 is 25.4 Å². The fourth-order valence-electron chi connectivity index (χ4n) is 6.40. The number of nitrogens with two attached hydrogens (primary N) is 1. The molecule has 242 valence electrons. The number of fused-ring (bicyclic) bond motifs is 1. The molecule has 1 saturated heterocycles. The summed E-state index contributed by atoms with van der Waals surface area (Å²) < 4.78 is 23.3. The average Bonchev–Trinajstić information content (AvgIpc) is 3.03. The Hall–Kier alpha value is -3.34. The molecule has 1 fully saturated rings. The van der Waals surface area contributed by atoms with Crippen molar-refractivity contribution >= 4 is 17.5 Å². The van der Waals surface area contributed by atoms with E-state index in [1.54, 1.807) is 28.2 Å². The van der Waals surface area contributed by atoms with Gasteiger partial charge in [-0.3, -0.25) is 9.59 Å². The number of rotatable bonds is 13. The second kappa shape index (κ2) is 15.1. The SMILES string of the molecule is CNC(=O)C(C)(C)C[C@H]1C[C@H](c2ccc(OC)cc2)[C@@H](OCc2ccc3c(c2)N(CCCOC)CCO3)CN1C(=O)C(C)N. The lowest BCUT2D eigenvalue weighted by atomic mass is 9.76. The maximum atomic E-state index is 13.5. The third kappa shape index (κ3) is 8.02. The van der Waals surface area contributed by atoms with Crippen molar-refractivity contribution in [2.24, 2.45) is 11.1 Å². The molecule has 2 aliphatic rings. The summed E-state index contributed by atoms with van der Waals surface area (Å²) in [6.45, 7) is 9.39. The number of hydrogen-bond acceptors (Lipinski definition) is 8. The minimum atomic E-state index is -0.672. The van der Waals surface area contributed by atoms with Gasteiger partial charge < -0.3 is 39.8 Å². The molecule has 0 saturated carbocycles. The van der Waals surface area contributed by atoms with Crippen LogP contribution in [0.1, 0.15) is 57.1 Å². The van der Waals surface area contributed by atoms with E-state index in [9.17, 15) is 9.59 Å². The number of benzene rings is 2. The first kappa shape index (κ1) is 33.6. The molecule has 0 radical (unpaired) electrons. The van der Waals surface area contributed by atoms with E-state index in [4.69, 9.17) is 24.7 Å². The third-order valence-corrected chi connectivity index (χ3v) is 8.82. The first-order chi connectivity index (χ1) is 21.1. The average molecular weight is 611 g/mol. The number of anilines is 1. The first-order valence-electron chi connectivity index (χ1n) is 15.6. The highest BCUT2D eigenvalue weighted by atomic mass is 16.5. The van der Waals surface area contributed by atoms with E-state index in [1.165, 1.54) is 0 Å². The fourth-order valence-corrected chi connectivity index (χ4v) is 6.40. The second-order valence-corrected chi connectivity index (χ2v) is 12.5. The molecule has 2 heterocycles. The van der Waals surface area contributed by atoms with Crippen molar-refractivity contribution in [1.29, 1.82) is 0 Å². The van der Waals surface area contributed by atoms with E-state index < -0.39 is 11.5 Å². The van der Waals surface area contributed by atoms with Crippen LogP contribution in [-0.4, -0.2) is 89.0 Å². The van der Waals surface area contributed by atoms with E-state index in [-0.39, 0.29) is 29.9 Å². The molecule has 44 heavy (non-hydrogen) atoms. The Morgan fingerprint density at radius 3 is 2.57 bits per heavy atom. The quantitative estimate of drug-likeness (QED) is 0.330. The van der Waals surface area contributed by atoms with Gasteiger partial charge in [-0.05, 0) is 61.6 Å². The summed E-state index contributed by atoms with van der Waals surface area (Å²) in [5.41, 5.74) is 8.67. The summed E-state index contributed by atoms with van der Waals surface area (Å²) in [6, 6.07) is 13.4. The van der Waals surface area contributed by atoms with Crippen LogP contribution >= 0.6 is 0 Å². The third-order valence-electron chi connectivity index (χ3n) is 8.82. The zero-order valence-corrected chi connectivity index (χ0v) is 27.1. The lowest BCUT2D eigenvalue weighted by molar-refractivity contribution is -0.145. The summed E-state index contributed by atoms with van der Waals surface area (Å²) in [5, 5.41) is 2.78. The number of hydrogen-bond donors (Lipinski definition) is 2. The Bertz CT molecular complexity index is 1250. The number of likely N-dealkylation sites (tertiary alicyclic amines) is 1. The van der Waals surface area contributed by atoms with Crippen molar-refractivity contribution in [2.75, 3.05) is 59.0 Å². The molecule has 2 amide bonds. The molecule has 0 aliphatic carbocycles.